The van der Waals surface area contributed by atoms with Crippen LogP contribution in [0, 0.1) is 6.92 Å². The molecule has 2 aliphatic heterocycles. The van der Waals surface area contributed by atoms with E-state index in [4.69, 9.17) is 19.4 Å². The second-order valence-electron chi connectivity index (χ2n) is 6.77. The maximum Gasteiger partial charge on any atom is 0.297 e. The van der Waals surface area contributed by atoms with Gasteiger partial charge in [-0.05, 0) is 19.1 Å². The SMILES string of the molecule is Cc1ccc(S(=O)(=O)OC[C@H]2O[C@@H](n3cnc4c(N)ncnc43)[C@@H]3O[C@H]32)cc1. The highest BCUT2D eigenvalue weighted by molar-refractivity contribution is 7.86. The van der Waals surface area contributed by atoms with Gasteiger partial charge in [0.15, 0.2) is 17.7 Å². The monoisotopic (exact) mass is 403 g/mol. The standard InChI is InChI=1S/C17H17N5O5S/c1-9-2-4-10(5-3-9)28(23,24)25-6-11-13-14(27-13)17(26-11)22-8-21-12-15(18)19-7-20-16(12)22/h2-5,7-8,11,13-14,17H,6H2,1H3,(H2,18,19,20)/t11-,13+,14-,17-/m1/s1. The van der Waals surface area contributed by atoms with E-state index < -0.39 is 22.4 Å². The van der Waals surface area contributed by atoms with Crippen molar-refractivity contribution in [3.63, 3.8) is 0 Å². The molecule has 0 aliphatic carbocycles. The van der Waals surface area contributed by atoms with E-state index in [-0.39, 0.29) is 29.5 Å². The van der Waals surface area contributed by atoms with Crippen LogP contribution in [-0.4, -0.2) is 52.9 Å². The van der Waals surface area contributed by atoms with Crippen LogP contribution in [0.2, 0.25) is 0 Å². The van der Waals surface area contributed by atoms with Gasteiger partial charge in [-0.3, -0.25) is 8.75 Å². The van der Waals surface area contributed by atoms with E-state index in [0.29, 0.717) is 11.2 Å². The number of fused-ring (bicyclic) bond motifs is 2. The first-order chi connectivity index (χ1) is 13.4. The fourth-order valence-corrected chi connectivity index (χ4v) is 4.26. The minimum absolute atomic E-state index is 0.105. The molecule has 2 saturated heterocycles. The zero-order valence-electron chi connectivity index (χ0n) is 14.8. The normalized spacial score (nSPS) is 26.5. The van der Waals surface area contributed by atoms with Gasteiger partial charge < -0.3 is 15.2 Å². The van der Waals surface area contributed by atoms with Crippen LogP contribution >= 0.6 is 0 Å². The van der Waals surface area contributed by atoms with Gasteiger partial charge >= 0.3 is 0 Å². The first-order valence-electron chi connectivity index (χ1n) is 8.64. The Kier molecular flexibility index (Phi) is 3.88. The molecule has 11 heteroatoms. The molecule has 4 atom stereocenters. The van der Waals surface area contributed by atoms with Crippen molar-refractivity contribution in [1.29, 1.82) is 0 Å². The van der Waals surface area contributed by atoms with Gasteiger partial charge in [-0.1, -0.05) is 17.7 Å². The van der Waals surface area contributed by atoms with Crippen LogP contribution in [0.15, 0.2) is 41.8 Å². The van der Waals surface area contributed by atoms with E-state index >= 15 is 0 Å². The molecule has 0 radical (unpaired) electrons. The molecule has 0 saturated carbocycles. The second-order valence-corrected chi connectivity index (χ2v) is 8.38. The van der Waals surface area contributed by atoms with E-state index in [1.165, 1.54) is 18.5 Å². The molecule has 1 aromatic carbocycles. The first-order valence-corrected chi connectivity index (χ1v) is 10.0. The van der Waals surface area contributed by atoms with Crippen molar-refractivity contribution in [3.05, 3.63) is 42.5 Å². The Morgan fingerprint density at radius 3 is 2.71 bits per heavy atom. The Morgan fingerprint density at radius 1 is 1.14 bits per heavy atom. The molecule has 3 aromatic rings. The Hall–Kier alpha value is -2.60. The third-order valence-corrected chi connectivity index (χ3v) is 6.18. The van der Waals surface area contributed by atoms with Gasteiger partial charge in [0.25, 0.3) is 10.1 Å². The number of aromatic nitrogens is 4. The molecule has 10 nitrogen and oxygen atoms in total. The predicted molar refractivity (Wildman–Crippen MR) is 96.6 cm³/mol. The first kappa shape index (κ1) is 17.5. The smallest absolute Gasteiger partial charge is 0.297 e. The molecule has 0 spiro atoms. The number of anilines is 1. The summed E-state index contributed by atoms with van der Waals surface area (Å²) >= 11 is 0. The number of hydrogen-bond acceptors (Lipinski definition) is 9. The largest absolute Gasteiger partial charge is 0.382 e. The number of nitrogen functional groups attached to an aromatic ring is 1. The minimum atomic E-state index is -3.87. The van der Waals surface area contributed by atoms with E-state index in [0.717, 1.165) is 5.56 Å². The van der Waals surface area contributed by atoms with E-state index in [2.05, 4.69) is 15.0 Å². The van der Waals surface area contributed by atoms with Gasteiger partial charge in [-0.15, -0.1) is 0 Å². The molecule has 2 aromatic heterocycles. The van der Waals surface area contributed by atoms with Crippen LogP contribution in [0.25, 0.3) is 11.2 Å². The van der Waals surface area contributed by atoms with Crippen LogP contribution in [0.1, 0.15) is 11.8 Å². The fourth-order valence-electron chi connectivity index (χ4n) is 3.34. The lowest BCUT2D eigenvalue weighted by Gasteiger charge is -2.18. The molecule has 146 valence electrons. The Balaban J connectivity index is 1.31. The summed E-state index contributed by atoms with van der Waals surface area (Å²) in [6.45, 7) is 1.74. The number of nitrogens with two attached hydrogens (primary N) is 1. The van der Waals surface area contributed by atoms with Gasteiger partial charge in [0.2, 0.25) is 0 Å². The highest BCUT2D eigenvalue weighted by Crippen LogP contribution is 2.45. The number of rotatable bonds is 5. The second kappa shape index (κ2) is 6.21. The lowest BCUT2D eigenvalue weighted by molar-refractivity contribution is -0.0781. The van der Waals surface area contributed by atoms with Crippen LogP contribution in [-0.2, 0) is 23.8 Å². The van der Waals surface area contributed by atoms with Crippen molar-refractivity contribution < 1.29 is 22.1 Å². The summed E-state index contributed by atoms with van der Waals surface area (Å²) < 4.78 is 43.3. The minimum Gasteiger partial charge on any atom is -0.382 e. The summed E-state index contributed by atoms with van der Waals surface area (Å²) in [5.41, 5.74) is 7.79. The van der Waals surface area contributed by atoms with Crippen molar-refractivity contribution in [3.8, 4) is 0 Å². The fraction of sp³-hybridized carbons (Fsp3) is 0.353. The Morgan fingerprint density at radius 2 is 1.93 bits per heavy atom. The van der Waals surface area contributed by atoms with Gasteiger partial charge in [0.05, 0.1) is 17.8 Å². The number of benzene rings is 1. The quantitative estimate of drug-likeness (QED) is 0.484. The number of epoxide rings is 1. The molecule has 0 unspecified atom stereocenters. The highest BCUT2D eigenvalue weighted by atomic mass is 32.2. The summed E-state index contributed by atoms with van der Waals surface area (Å²) in [4.78, 5) is 12.4. The van der Waals surface area contributed by atoms with Crippen LogP contribution in [0.4, 0.5) is 5.82 Å². The van der Waals surface area contributed by atoms with Crippen LogP contribution < -0.4 is 5.73 Å². The average molecular weight is 403 g/mol. The third kappa shape index (κ3) is 2.83. The number of ether oxygens (including phenoxy) is 2. The predicted octanol–water partition coefficient (Wildman–Crippen LogP) is 0.787. The lowest BCUT2D eigenvalue weighted by atomic mass is 10.2. The van der Waals surface area contributed by atoms with Gasteiger partial charge in [0.1, 0.15) is 30.2 Å². The zero-order valence-corrected chi connectivity index (χ0v) is 15.6. The Bertz CT molecular complexity index is 1150. The Labute approximate surface area is 160 Å². The molecule has 2 N–H and O–H groups in total. The van der Waals surface area contributed by atoms with Crippen LogP contribution in [0.5, 0.6) is 0 Å². The van der Waals surface area contributed by atoms with Gasteiger partial charge in [-0.2, -0.15) is 8.42 Å². The van der Waals surface area contributed by atoms with Crippen molar-refractivity contribution in [1.82, 2.24) is 19.5 Å². The number of nitrogens with zero attached hydrogens (tertiary/aromatic N) is 4. The molecule has 4 heterocycles. The van der Waals surface area contributed by atoms with Crippen molar-refractivity contribution in [2.45, 2.75) is 36.4 Å². The number of hydrogen-bond donors (Lipinski definition) is 1. The molecule has 0 amide bonds. The topological polar surface area (TPSA) is 135 Å². The summed E-state index contributed by atoms with van der Waals surface area (Å²) in [5.74, 6) is 0.277. The highest BCUT2D eigenvalue weighted by Gasteiger charge is 2.59. The van der Waals surface area contributed by atoms with Crippen molar-refractivity contribution >= 4 is 27.1 Å². The maximum atomic E-state index is 12.4. The maximum absolute atomic E-state index is 12.4. The number of aryl methyl sites for hydroxylation is 1. The molecule has 0 bridgehead atoms. The molecular formula is C17H17N5O5S. The third-order valence-electron chi connectivity index (χ3n) is 4.88. The summed E-state index contributed by atoms with van der Waals surface area (Å²) in [6, 6.07) is 6.47. The summed E-state index contributed by atoms with van der Waals surface area (Å²) in [6.07, 6.45) is 1.45. The number of imidazole rings is 1. The van der Waals surface area contributed by atoms with Crippen LogP contribution in [0.3, 0.4) is 0 Å². The van der Waals surface area contributed by atoms with E-state index in [1.807, 2.05) is 6.92 Å². The van der Waals surface area contributed by atoms with E-state index in [1.54, 1.807) is 23.0 Å². The zero-order chi connectivity index (χ0) is 19.5. The summed E-state index contributed by atoms with van der Waals surface area (Å²) in [5, 5.41) is 0. The van der Waals surface area contributed by atoms with Gasteiger partial charge in [0, 0.05) is 0 Å². The molecule has 2 aliphatic rings. The summed E-state index contributed by atoms with van der Waals surface area (Å²) in [7, 11) is -3.87. The molecule has 28 heavy (non-hydrogen) atoms. The van der Waals surface area contributed by atoms with E-state index in [9.17, 15) is 8.42 Å². The molecule has 2 fully saturated rings. The molecule has 5 rings (SSSR count). The average Bonchev–Trinajstić information content (AvgIpc) is 3.20. The lowest BCUT2D eigenvalue weighted by Crippen LogP contribution is -2.25. The molecular weight excluding hydrogens is 386 g/mol. The van der Waals surface area contributed by atoms with Gasteiger partial charge in [-0.25, -0.2) is 15.0 Å². The van der Waals surface area contributed by atoms with Crippen molar-refractivity contribution in [2.24, 2.45) is 0 Å². The van der Waals surface area contributed by atoms with Crippen molar-refractivity contribution in [2.75, 3.05) is 12.3 Å².